The topological polar surface area (TPSA) is 43.4 Å². The minimum Gasteiger partial charge on any atom is -0.456 e. The van der Waals surface area contributed by atoms with Crippen LogP contribution in [0.4, 0.5) is 0 Å². The summed E-state index contributed by atoms with van der Waals surface area (Å²) in [4.78, 5) is 22.5. The van der Waals surface area contributed by atoms with Gasteiger partial charge in [0.1, 0.15) is 0 Å². The molecule has 0 atom stereocenters. The van der Waals surface area contributed by atoms with Crippen LogP contribution in [-0.4, -0.2) is 18.4 Å². The molecule has 0 fully saturated rings. The Kier molecular flexibility index (Phi) is 4.96. The summed E-state index contributed by atoms with van der Waals surface area (Å²) < 4.78 is 4.68. The molecule has 1 aromatic rings. The van der Waals surface area contributed by atoms with Crippen molar-refractivity contribution in [3.8, 4) is 11.8 Å². The smallest absolute Gasteiger partial charge is 0.384 e. The number of rotatable bonds is 3. The molecule has 3 nitrogen and oxygen atoms in total. The summed E-state index contributed by atoms with van der Waals surface area (Å²) in [5.74, 6) is 4.54. The van der Waals surface area contributed by atoms with Gasteiger partial charge in [-0.05, 0) is 19.1 Å². The molecule has 0 aliphatic carbocycles. The first-order valence-electron chi connectivity index (χ1n) is 5.49. The van der Waals surface area contributed by atoms with E-state index in [-0.39, 0.29) is 5.78 Å². The summed E-state index contributed by atoms with van der Waals surface area (Å²) in [6.45, 7) is 3.83. The van der Waals surface area contributed by atoms with E-state index >= 15 is 0 Å². The molecule has 88 valence electrons. The second kappa shape index (κ2) is 6.49. The number of hydrogen-bond donors (Lipinski definition) is 0. The Morgan fingerprint density at radius 2 is 2.06 bits per heavy atom. The van der Waals surface area contributed by atoms with Crippen LogP contribution in [0.1, 0.15) is 36.2 Å². The van der Waals surface area contributed by atoms with Crippen LogP contribution in [0.3, 0.4) is 0 Å². The van der Waals surface area contributed by atoms with Gasteiger partial charge in [0, 0.05) is 23.5 Å². The molecule has 0 aromatic heterocycles. The van der Waals surface area contributed by atoms with Gasteiger partial charge in [0.05, 0.1) is 6.61 Å². The zero-order valence-electron chi connectivity index (χ0n) is 9.95. The van der Waals surface area contributed by atoms with Crippen LogP contribution in [-0.2, 0) is 9.53 Å². The Hall–Kier alpha value is -2.08. The SMILES string of the molecule is CCOC(=O)C#Cc1cccc(C(=O)CC)c1. The molecule has 0 amide bonds. The van der Waals surface area contributed by atoms with Gasteiger partial charge in [0.25, 0.3) is 0 Å². The van der Waals surface area contributed by atoms with Crippen molar-refractivity contribution in [3.05, 3.63) is 35.4 Å². The Bertz CT molecular complexity index is 478. The highest BCUT2D eigenvalue weighted by Gasteiger charge is 2.02. The standard InChI is InChI=1S/C14H14O3/c1-3-13(15)12-7-5-6-11(10-12)8-9-14(16)17-4-2/h5-7,10H,3-4H2,1-2H3. The zero-order valence-corrected chi connectivity index (χ0v) is 9.95. The largest absolute Gasteiger partial charge is 0.456 e. The van der Waals surface area contributed by atoms with Crippen LogP contribution < -0.4 is 0 Å². The normalized spacial score (nSPS) is 9.06. The third kappa shape index (κ3) is 4.12. The summed E-state index contributed by atoms with van der Waals surface area (Å²) in [5.41, 5.74) is 1.25. The maximum atomic E-state index is 11.5. The van der Waals surface area contributed by atoms with E-state index in [1.807, 2.05) is 0 Å². The lowest BCUT2D eigenvalue weighted by atomic mass is 10.1. The molecule has 17 heavy (non-hydrogen) atoms. The third-order valence-electron chi connectivity index (χ3n) is 2.09. The molecule has 0 N–H and O–H groups in total. The average molecular weight is 230 g/mol. The lowest BCUT2D eigenvalue weighted by molar-refractivity contribution is -0.136. The number of Topliss-reactive ketones (excluding diaryl/α,β-unsaturated/α-hetero) is 1. The molecule has 0 aliphatic heterocycles. The van der Waals surface area contributed by atoms with Crippen LogP contribution >= 0.6 is 0 Å². The molecule has 0 saturated heterocycles. The van der Waals surface area contributed by atoms with Crippen LogP contribution in [0.25, 0.3) is 0 Å². The lowest BCUT2D eigenvalue weighted by Gasteiger charge is -1.97. The van der Waals surface area contributed by atoms with Gasteiger partial charge >= 0.3 is 5.97 Å². The fourth-order valence-corrected chi connectivity index (χ4v) is 1.26. The first-order valence-corrected chi connectivity index (χ1v) is 5.49. The van der Waals surface area contributed by atoms with Crippen molar-refractivity contribution >= 4 is 11.8 Å². The van der Waals surface area contributed by atoms with Crippen LogP contribution in [0.2, 0.25) is 0 Å². The number of ketones is 1. The number of hydrogen-bond acceptors (Lipinski definition) is 3. The van der Waals surface area contributed by atoms with Crippen molar-refractivity contribution in [2.24, 2.45) is 0 Å². The van der Waals surface area contributed by atoms with Crippen molar-refractivity contribution in [2.45, 2.75) is 20.3 Å². The van der Waals surface area contributed by atoms with E-state index in [0.29, 0.717) is 24.2 Å². The monoisotopic (exact) mass is 230 g/mol. The molecule has 0 saturated carbocycles. The summed E-state index contributed by atoms with van der Waals surface area (Å²) in [6, 6.07) is 6.91. The van der Waals surface area contributed by atoms with Gasteiger partial charge in [0.15, 0.2) is 5.78 Å². The minimum absolute atomic E-state index is 0.0600. The summed E-state index contributed by atoms with van der Waals surface area (Å²) >= 11 is 0. The number of esters is 1. The highest BCUT2D eigenvalue weighted by molar-refractivity contribution is 5.96. The van der Waals surface area contributed by atoms with E-state index in [1.54, 1.807) is 38.1 Å². The molecule has 3 heteroatoms. The third-order valence-corrected chi connectivity index (χ3v) is 2.09. The van der Waals surface area contributed by atoms with Gasteiger partial charge in [0.2, 0.25) is 0 Å². The summed E-state index contributed by atoms with van der Waals surface area (Å²) in [6.07, 6.45) is 0.453. The fourth-order valence-electron chi connectivity index (χ4n) is 1.26. The highest BCUT2D eigenvalue weighted by atomic mass is 16.5. The summed E-state index contributed by atoms with van der Waals surface area (Å²) in [7, 11) is 0. The second-order valence-electron chi connectivity index (χ2n) is 3.33. The first kappa shape index (κ1) is 13.0. The van der Waals surface area contributed by atoms with E-state index in [4.69, 9.17) is 0 Å². The van der Waals surface area contributed by atoms with Gasteiger partial charge in [-0.3, -0.25) is 4.79 Å². The minimum atomic E-state index is -0.556. The van der Waals surface area contributed by atoms with E-state index in [1.165, 1.54) is 0 Å². The Morgan fingerprint density at radius 3 is 2.71 bits per heavy atom. The molecule has 0 bridgehead atoms. The van der Waals surface area contributed by atoms with Crippen molar-refractivity contribution in [1.82, 2.24) is 0 Å². The Balaban J connectivity index is 2.85. The van der Waals surface area contributed by atoms with Gasteiger partial charge in [-0.25, -0.2) is 4.79 Å². The van der Waals surface area contributed by atoms with E-state index in [2.05, 4.69) is 16.6 Å². The Morgan fingerprint density at radius 1 is 1.29 bits per heavy atom. The van der Waals surface area contributed by atoms with Crippen LogP contribution in [0, 0.1) is 11.8 Å². The van der Waals surface area contributed by atoms with Crippen molar-refractivity contribution in [3.63, 3.8) is 0 Å². The molecule has 0 aliphatic rings. The molecule has 1 rings (SSSR count). The molecule has 1 aromatic carbocycles. The molecule has 0 heterocycles. The number of benzene rings is 1. The number of carbonyl (C=O) groups excluding carboxylic acids is 2. The van der Waals surface area contributed by atoms with E-state index in [9.17, 15) is 9.59 Å². The van der Waals surface area contributed by atoms with Crippen molar-refractivity contribution < 1.29 is 14.3 Å². The lowest BCUT2D eigenvalue weighted by Crippen LogP contribution is -2.00. The van der Waals surface area contributed by atoms with Gasteiger partial charge in [-0.2, -0.15) is 0 Å². The number of ether oxygens (including phenoxy) is 1. The Labute approximate surface area is 101 Å². The second-order valence-corrected chi connectivity index (χ2v) is 3.33. The molecule has 0 radical (unpaired) electrons. The molecule has 0 unspecified atom stereocenters. The van der Waals surface area contributed by atoms with E-state index < -0.39 is 5.97 Å². The van der Waals surface area contributed by atoms with Gasteiger partial charge in [-0.1, -0.05) is 25.0 Å². The predicted octanol–water partition coefficient (Wildman–Crippen LogP) is 2.19. The quantitative estimate of drug-likeness (QED) is 0.454. The highest BCUT2D eigenvalue weighted by Crippen LogP contribution is 2.06. The zero-order chi connectivity index (χ0) is 12.7. The fraction of sp³-hybridized carbons (Fsp3) is 0.286. The van der Waals surface area contributed by atoms with E-state index in [0.717, 1.165) is 0 Å². The van der Waals surface area contributed by atoms with Crippen molar-refractivity contribution in [2.75, 3.05) is 6.61 Å². The summed E-state index contributed by atoms with van der Waals surface area (Å²) in [5, 5.41) is 0. The van der Waals surface area contributed by atoms with Crippen LogP contribution in [0.5, 0.6) is 0 Å². The molecular formula is C14H14O3. The average Bonchev–Trinajstić information content (AvgIpc) is 2.36. The van der Waals surface area contributed by atoms with Crippen molar-refractivity contribution in [1.29, 1.82) is 0 Å². The maximum absolute atomic E-state index is 11.5. The van der Waals surface area contributed by atoms with Crippen LogP contribution in [0.15, 0.2) is 24.3 Å². The number of carbonyl (C=O) groups is 2. The first-order chi connectivity index (χ1) is 8.17. The maximum Gasteiger partial charge on any atom is 0.384 e. The molecular weight excluding hydrogens is 216 g/mol. The molecule has 0 spiro atoms. The predicted molar refractivity (Wildman–Crippen MR) is 64.6 cm³/mol. The van der Waals surface area contributed by atoms with Gasteiger partial charge in [-0.15, -0.1) is 0 Å². The van der Waals surface area contributed by atoms with Gasteiger partial charge < -0.3 is 4.74 Å².